The Bertz CT molecular complexity index is 356. The van der Waals surface area contributed by atoms with E-state index in [9.17, 15) is 4.79 Å². The maximum atomic E-state index is 11.7. The highest BCUT2D eigenvalue weighted by atomic mass is 32.1. The molecule has 88 valence electrons. The van der Waals surface area contributed by atoms with E-state index in [1.54, 1.807) is 11.3 Å². The summed E-state index contributed by atoms with van der Waals surface area (Å²) in [6.45, 7) is 4.64. The van der Waals surface area contributed by atoms with Crippen LogP contribution in [0.2, 0.25) is 0 Å². The molecular formula is C12H18N2OS. The lowest BCUT2D eigenvalue weighted by Crippen LogP contribution is -2.37. The summed E-state index contributed by atoms with van der Waals surface area (Å²) in [7, 11) is 0. The first kappa shape index (κ1) is 11.5. The molecule has 4 heteroatoms. The van der Waals surface area contributed by atoms with Gasteiger partial charge >= 0.3 is 6.03 Å². The van der Waals surface area contributed by atoms with Gasteiger partial charge in [0.25, 0.3) is 0 Å². The number of nitrogens with one attached hydrogen (secondary N) is 1. The SMILES string of the molecule is CCc1ccc(CNC(=O)N2CCCC2)s1. The van der Waals surface area contributed by atoms with Crippen LogP contribution in [0.4, 0.5) is 4.79 Å². The van der Waals surface area contributed by atoms with Crippen molar-refractivity contribution in [3.8, 4) is 0 Å². The number of amides is 2. The van der Waals surface area contributed by atoms with E-state index in [0.717, 1.165) is 32.4 Å². The first-order valence-corrected chi connectivity index (χ1v) is 6.71. The molecule has 2 rings (SSSR count). The van der Waals surface area contributed by atoms with Crippen molar-refractivity contribution in [3.05, 3.63) is 21.9 Å². The van der Waals surface area contributed by atoms with Crippen LogP contribution < -0.4 is 5.32 Å². The minimum absolute atomic E-state index is 0.0870. The van der Waals surface area contributed by atoms with Gasteiger partial charge in [0.05, 0.1) is 6.54 Å². The molecule has 2 amide bonds. The molecule has 0 radical (unpaired) electrons. The highest BCUT2D eigenvalue weighted by Crippen LogP contribution is 2.16. The van der Waals surface area contributed by atoms with Gasteiger partial charge in [0, 0.05) is 22.8 Å². The highest BCUT2D eigenvalue weighted by Gasteiger charge is 2.17. The van der Waals surface area contributed by atoms with E-state index < -0.39 is 0 Å². The fraction of sp³-hybridized carbons (Fsp3) is 0.583. The minimum atomic E-state index is 0.0870. The number of hydrogen-bond acceptors (Lipinski definition) is 2. The maximum absolute atomic E-state index is 11.7. The van der Waals surface area contributed by atoms with Crippen molar-refractivity contribution in [1.29, 1.82) is 0 Å². The van der Waals surface area contributed by atoms with Crippen LogP contribution in [0.1, 0.15) is 29.5 Å². The fourth-order valence-electron chi connectivity index (χ4n) is 1.90. The fourth-order valence-corrected chi connectivity index (χ4v) is 2.80. The third-order valence-electron chi connectivity index (χ3n) is 2.87. The van der Waals surface area contributed by atoms with E-state index in [4.69, 9.17) is 0 Å². The summed E-state index contributed by atoms with van der Waals surface area (Å²) in [6, 6.07) is 4.33. The zero-order valence-corrected chi connectivity index (χ0v) is 10.5. The molecule has 0 aromatic carbocycles. The molecule has 0 bridgehead atoms. The number of urea groups is 1. The van der Waals surface area contributed by atoms with Gasteiger partial charge in [-0.15, -0.1) is 11.3 Å². The Kier molecular flexibility index (Phi) is 3.83. The zero-order valence-electron chi connectivity index (χ0n) is 9.66. The third kappa shape index (κ3) is 2.76. The molecule has 16 heavy (non-hydrogen) atoms. The summed E-state index contributed by atoms with van der Waals surface area (Å²) in [5, 5.41) is 2.98. The summed E-state index contributed by atoms with van der Waals surface area (Å²) in [4.78, 5) is 16.2. The van der Waals surface area contributed by atoms with E-state index in [0.29, 0.717) is 6.54 Å². The molecule has 2 heterocycles. The second kappa shape index (κ2) is 5.34. The Labute approximate surface area is 100 Å². The Morgan fingerprint density at radius 2 is 2.06 bits per heavy atom. The number of thiophene rings is 1. The van der Waals surface area contributed by atoms with Crippen LogP contribution in [0.25, 0.3) is 0 Å². The van der Waals surface area contributed by atoms with Crippen molar-refractivity contribution < 1.29 is 4.79 Å². The second-order valence-electron chi connectivity index (χ2n) is 4.07. The first-order chi connectivity index (χ1) is 7.79. The lowest BCUT2D eigenvalue weighted by atomic mass is 10.4. The quantitative estimate of drug-likeness (QED) is 0.862. The van der Waals surface area contributed by atoms with E-state index in [2.05, 4.69) is 24.4 Å². The monoisotopic (exact) mass is 238 g/mol. The van der Waals surface area contributed by atoms with Crippen LogP contribution in [-0.4, -0.2) is 24.0 Å². The lowest BCUT2D eigenvalue weighted by molar-refractivity contribution is 0.208. The topological polar surface area (TPSA) is 32.3 Å². The van der Waals surface area contributed by atoms with Crippen molar-refractivity contribution in [2.45, 2.75) is 32.7 Å². The Balaban J connectivity index is 1.80. The molecule has 0 atom stereocenters. The summed E-state index contributed by atoms with van der Waals surface area (Å²) in [5.41, 5.74) is 0. The van der Waals surface area contributed by atoms with E-state index in [-0.39, 0.29) is 6.03 Å². The predicted octanol–water partition coefficient (Wildman–Crippen LogP) is 2.62. The number of nitrogens with zero attached hydrogens (tertiary/aromatic N) is 1. The van der Waals surface area contributed by atoms with Crippen molar-refractivity contribution in [2.75, 3.05) is 13.1 Å². The van der Waals surface area contributed by atoms with Gasteiger partial charge < -0.3 is 10.2 Å². The van der Waals surface area contributed by atoms with Gasteiger partial charge in [-0.1, -0.05) is 6.92 Å². The summed E-state index contributed by atoms with van der Waals surface area (Å²) < 4.78 is 0. The Hall–Kier alpha value is -1.03. The van der Waals surface area contributed by atoms with Crippen LogP contribution in [-0.2, 0) is 13.0 Å². The van der Waals surface area contributed by atoms with Crippen LogP contribution >= 0.6 is 11.3 Å². The van der Waals surface area contributed by atoms with Crippen molar-refractivity contribution >= 4 is 17.4 Å². The predicted molar refractivity (Wildman–Crippen MR) is 66.7 cm³/mol. The van der Waals surface area contributed by atoms with Crippen LogP contribution in [0.5, 0.6) is 0 Å². The van der Waals surface area contributed by atoms with Gasteiger partial charge in [-0.25, -0.2) is 4.79 Å². The Morgan fingerprint density at radius 3 is 2.69 bits per heavy atom. The second-order valence-corrected chi connectivity index (χ2v) is 5.33. The molecule has 1 fully saturated rings. The van der Waals surface area contributed by atoms with Gasteiger partial charge in [-0.05, 0) is 31.4 Å². The van der Waals surface area contributed by atoms with Gasteiger partial charge in [-0.2, -0.15) is 0 Å². The van der Waals surface area contributed by atoms with Gasteiger partial charge in [0.1, 0.15) is 0 Å². The molecule has 1 aliphatic rings. The molecule has 0 saturated carbocycles. The lowest BCUT2D eigenvalue weighted by Gasteiger charge is -2.15. The van der Waals surface area contributed by atoms with E-state index >= 15 is 0 Å². The molecule has 1 saturated heterocycles. The van der Waals surface area contributed by atoms with Crippen molar-refractivity contribution in [1.82, 2.24) is 10.2 Å². The zero-order chi connectivity index (χ0) is 11.4. The summed E-state index contributed by atoms with van der Waals surface area (Å²) in [5.74, 6) is 0. The number of rotatable bonds is 3. The van der Waals surface area contributed by atoms with Crippen molar-refractivity contribution in [3.63, 3.8) is 0 Å². The molecule has 0 aliphatic carbocycles. The number of carbonyl (C=O) groups excluding carboxylic acids is 1. The maximum Gasteiger partial charge on any atom is 0.317 e. The molecule has 1 aromatic heterocycles. The Morgan fingerprint density at radius 1 is 1.38 bits per heavy atom. The summed E-state index contributed by atoms with van der Waals surface area (Å²) >= 11 is 1.78. The van der Waals surface area contributed by atoms with E-state index in [1.165, 1.54) is 9.75 Å². The van der Waals surface area contributed by atoms with E-state index in [1.807, 2.05) is 4.90 Å². The molecule has 3 nitrogen and oxygen atoms in total. The largest absolute Gasteiger partial charge is 0.333 e. The van der Waals surface area contributed by atoms with Gasteiger partial charge in [0.2, 0.25) is 0 Å². The first-order valence-electron chi connectivity index (χ1n) is 5.90. The summed E-state index contributed by atoms with van der Waals surface area (Å²) in [6.07, 6.45) is 3.36. The standard InChI is InChI=1S/C12H18N2OS/c1-2-10-5-6-11(16-10)9-13-12(15)14-7-3-4-8-14/h5-6H,2-4,7-9H2,1H3,(H,13,15). The van der Waals surface area contributed by atoms with Crippen LogP contribution in [0.15, 0.2) is 12.1 Å². The van der Waals surface area contributed by atoms with Gasteiger partial charge in [-0.3, -0.25) is 0 Å². The molecule has 1 N–H and O–H groups in total. The van der Waals surface area contributed by atoms with Gasteiger partial charge in [0.15, 0.2) is 0 Å². The minimum Gasteiger partial charge on any atom is -0.333 e. The molecular weight excluding hydrogens is 220 g/mol. The smallest absolute Gasteiger partial charge is 0.317 e. The average molecular weight is 238 g/mol. The highest BCUT2D eigenvalue weighted by molar-refractivity contribution is 7.11. The number of aryl methyl sites for hydroxylation is 1. The normalized spacial score (nSPS) is 15.4. The molecule has 1 aromatic rings. The van der Waals surface area contributed by atoms with Crippen LogP contribution in [0, 0.1) is 0 Å². The van der Waals surface area contributed by atoms with Crippen molar-refractivity contribution in [2.24, 2.45) is 0 Å². The number of hydrogen-bond donors (Lipinski definition) is 1. The molecule has 1 aliphatic heterocycles. The molecule has 0 spiro atoms. The third-order valence-corrected chi connectivity index (χ3v) is 4.10. The van der Waals surface area contributed by atoms with Crippen LogP contribution in [0.3, 0.4) is 0 Å². The average Bonchev–Trinajstić information content (AvgIpc) is 2.96. The molecule has 0 unspecified atom stereocenters. The number of likely N-dealkylation sites (tertiary alicyclic amines) is 1. The number of carbonyl (C=O) groups is 1.